The van der Waals surface area contributed by atoms with Crippen molar-refractivity contribution < 1.29 is 22.7 Å². The molecule has 0 aliphatic heterocycles. The molecule has 0 aliphatic carbocycles. The van der Waals surface area contributed by atoms with E-state index in [1.165, 1.54) is 29.6 Å². The molecule has 9 heteroatoms. The van der Waals surface area contributed by atoms with Crippen LogP contribution in [0, 0.1) is 12.8 Å². The Kier molecular flexibility index (Phi) is 8.82. The quantitative estimate of drug-likeness (QED) is 0.418. The number of benzene rings is 2. The van der Waals surface area contributed by atoms with E-state index in [-0.39, 0.29) is 29.8 Å². The van der Waals surface area contributed by atoms with Crippen LogP contribution in [0.3, 0.4) is 0 Å². The summed E-state index contributed by atoms with van der Waals surface area (Å²) in [4.78, 5) is 16.2. The van der Waals surface area contributed by atoms with Crippen LogP contribution in [0.4, 0.5) is 0 Å². The maximum Gasteiger partial charge on any atom is 0.243 e. The number of rotatable bonds is 11. The normalized spacial score (nSPS) is 13.7. The molecule has 0 fully saturated rings. The summed E-state index contributed by atoms with van der Waals surface area (Å²) in [5.41, 5.74) is 2.30. The van der Waals surface area contributed by atoms with Gasteiger partial charge in [-0.2, -0.15) is 4.31 Å². The fourth-order valence-electron chi connectivity index (χ4n) is 3.87. The number of hydrogen-bond acceptors (Lipinski definition) is 6. The van der Waals surface area contributed by atoms with Crippen LogP contribution in [0.15, 0.2) is 70.2 Å². The van der Waals surface area contributed by atoms with Crippen LogP contribution < -0.4 is 5.32 Å². The Bertz CT molecular complexity index is 1210. The lowest BCUT2D eigenvalue weighted by Crippen LogP contribution is -2.50. The molecule has 0 saturated carbocycles. The number of oxazole rings is 1. The number of carbonyl (C=O) groups excluding carboxylic acids is 1. The van der Waals surface area contributed by atoms with Crippen LogP contribution in [-0.4, -0.2) is 54.0 Å². The number of aliphatic hydroxyl groups is 1. The zero-order chi connectivity index (χ0) is 25.6. The molecule has 0 bridgehead atoms. The van der Waals surface area contributed by atoms with Crippen molar-refractivity contribution in [3.8, 4) is 11.3 Å². The van der Waals surface area contributed by atoms with Crippen LogP contribution in [0.1, 0.15) is 32.2 Å². The standard InChI is InChI=1S/C26H33N3O5S/c1-18(2)15-29(16-26(31)24(27-19(3)30)14-21-8-6-5-7-9-21)35(32,33)23-12-10-22(11-13-23)25-17-34-20(4)28-25/h5-13,17-18,24,26,31H,14-16H2,1-4H3,(H,27,30)/t24-,26?/m0/s1. The van der Waals surface area contributed by atoms with Crippen LogP contribution in [0.2, 0.25) is 0 Å². The van der Waals surface area contributed by atoms with E-state index in [1.54, 1.807) is 19.1 Å². The minimum absolute atomic E-state index is 0.0303. The number of amides is 1. The average molecular weight is 500 g/mol. The Morgan fingerprint density at radius 2 is 1.74 bits per heavy atom. The summed E-state index contributed by atoms with van der Waals surface area (Å²) in [5.74, 6) is 0.266. The Balaban J connectivity index is 1.83. The molecule has 188 valence electrons. The van der Waals surface area contributed by atoms with E-state index in [2.05, 4.69) is 10.3 Å². The van der Waals surface area contributed by atoms with Gasteiger partial charge in [0.1, 0.15) is 12.0 Å². The van der Waals surface area contributed by atoms with Gasteiger partial charge in [-0.3, -0.25) is 4.79 Å². The summed E-state index contributed by atoms with van der Waals surface area (Å²) in [6, 6.07) is 15.3. The zero-order valence-electron chi connectivity index (χ0n) is 20.5. The monoisotopic (exact) mass is 499 g/mol. The van der Waals surface area contributed by atoms with Gasteiger partial charge in [-0.15, -0.1) is 0 Å². The summed E-state index contributed by atoms with van der Waals surface area (Å²) in [6.45, 7) is 7.03. The Hall–Kier alpha value is -3.01. The second-order valence-electron chi connectivity index (χ2n) is 9.06. The smallest absolute Gasteiger partial charge is 0.243 e. The first-order chi connectivity index (χ1) is 16.6. The van der Waals surface area contributed by atoms with Gasteiger partial charge in [0.05, 0.1) is 17.0 Å². The van der Waals surface area contributed by atoms with Crippen molar-refractivity contribution >= 4 is 15.9 Å². The molecule has 1 amide bonds. The van der Waals surface area contributed by atoms with Crippen LogP contribution in [-0.2, 0) is 21.2 Å². The molecule has 1 unspecified atom stereocenters. The summed E-state index contributed by atoms with van der Waals surface area (Å²) in [5, 5.41) is 13.8. The maximum atomic E-state index is 13.6. The van der Waals surface area contributed by atoms with Crippen molar-refractivity contribution in [1.82, 2.24) is 14.6 Å². The second kappa shape index (κ2) is 11.6. The minimum atomic E-state index is -3.90. The average Bonchev–Trinajstić information content (AvgIpc) is 3.24. The van der Waals surface area contributed by atoms with Crippen molar-refractivity contribution in [2.24, 2.45) is 5.92 Å². The van der Waals surface area contributed by atoms with E-state index in [9.17, 15) is 18.3 Å². The number of aryl methyl sites for hydroxylation is 1. The number of nitrogens with one attached hydrogen (secondary N) is 1. The van der Waals surface area contributed by atoms with E-state index in [1.807, 2.05) is 44.2 Å². The lowest BCUT2D eigenvalue weighted by molar-refractivity contribution is -0.120. The molecule has 8 nitrogen and oxygen atoms in total. The van der Waals surface area contributed by atoms with Crippen molar-refractivity contribution in [1.29, 1.82) is 0 Å². The van der Waals surface area contributed by atoms with Crippen molar-refractivity contribution in [3.63, 3.8) is 0 Å². The first kappa shape index (κ1) is 26.6. The van der Waals surface area contributed by atoms with Crippen LogP contribution >= 0.6 is 0 Å². The Morgan fingerprint density at radius 3 is 2.29 bits per heavy atom. The van der Waals surface area contributed by atoms with Gasteiger partial charge in [0, 0.05) is 32.5 Å². The number of carbonyl (C=O) groups is 1. The minimum Gasteiger partial charge on any atom is -0.449 e. The summed E-state index contributed by atoms with van der Waals surface area (Å²) in [7, 11) is -3.90. The molecule has 1 aromatic heterocycles. The highest BCUT2D eigenvalue weighted by molar-refractivity contribution is 7.89. The maximum absolute atomic E-state index is 13.6. The van der Waals surface area contributed by atoms with E-state index in [0.29, 0.717) is 18.0 Å². The number of aromatic nitrogens is 1. The molecular formula is C26H33N3O5S. The predicted molar refractivity (Wildman–Crippen MR) is 134 cm³/mol. The highest BCUT2D eigenvalue weighted by atomic mass is 32.2. The molecule has 0 aliphatic rings. The van der Waals surface area contributed by atoms with E-state index in [0.717, 1.165) is 11.1 Å². The van der Waals surface area contributed by atoms with Gasteiger partial charge in [-0.05, 0) is 30.0 Å². The highest BCUT2D eigenvalue weighted by Gasteiger charge is 2.31. The SMILES string of the molecule is CC(=O)N[C@@H](Cc1ccccc1)C(O)CN(CC(C)C)S(=O)(=O)c1ccc(-c2coc(C)n2)cc1. The van der Waals surface area contributed by atoms with Gasteiger partial charge < -0.3 is 14.8 Å². The van der Waals surface area contributed by atoms with Gasteiger partial charge in [-0.25, -0.2) is 13.4 Å². The Labute approximate surface area is 207 Å². The van der Waals surface area contributed by atoms with Gasteiger partial charge in [0.25, 0.3) is 0 Å². The first-order valence-corrected chi connectivity index (χ1v) is 13.0. The molecule has 1 heterocycles. The topological polar surface area (TPSA) is 113 Å². The van der Waals surface area contributed by atoms with Crippen LogP contribution in [0.25, 0.3) is 11.3 Å². The number of nitrogens with zero attached hydrogens (tertiary/aromatic N) is 2. The van der Waals surface area contributed by atoms with E-state index in [4.69, 9.17) is 4.42 Å². The lowest BCUT2D eigenvalue weighted by atomic mass is 10.0. The lowest BCUT2D eigenvalue weighted by Gasteiger charge is -2.30. The molecule has 2 N–H and O–H groups in total. The molecule has 3 rings (SSSR count). The Morgan fingerprint density at radius 1 is 1.09 bits per heavy atom. The third kappa shape index (κ3) is 7.24. The van der Waals surface area contributed by atoms with Crippen molar-refractivity contribution in [2.45, 2.75) is 51.2 Å². The summed E-state index contributed by atoms with van der Waals surface area (Å²) in [6.07, 6.45) is 0.794. The molecule has 0 radical (unpaired) electrons. The van der Waals surface area contributed by atoms with E-state index >= 15 is 0 Å². The highest BCUT2D eigenvalue weighted by Crippen LogP contribution is 2.24. The van der Waals surface area contributed by atoms with Crippen molar-refractivity contribution in [2.75, 3.05) is 13.1 Å². The molecule has 2 atom stereocenters. The van der Waals surface area contributed by atoms with Crippen molar-refractivity contribution in [3.05, 3.63) is 72.3 Å². The van der Waals surface area contributed by atoms with Gasteiger partial charge >= 0.3 is 0 Å². The fraction of sp³-hybridized carbons (Fsp3) is 0.385. The molecular weight excluding hydrogens is 466 g/mol. The molecule has 2 aromatic carbocycles. The van der Waals surface area contributed by atoms with E-state index < -0.39 is 22.2 Å². The molecule has 35 heavy (non-hydrogen) atoms. The summed E-state index contributed by atoms with van der Waals surface area (Å²) < 4.78 is 33.6. The van der Waals surface area contributed by atoms with Gasteiger partial charge in [0.2, 0.25) is 15.9 Å². The number of aliphatic hydroxyl groups excluding tert-OH is 1. The molecule has 0 spiro atoms. The third-order valence-electron chi connectivity index (χ3n) is 5.52. The summed E-state index contributed by atoms with van der Waals surface area (Å²) >= 11 is 0. The largest absolute Gasteiger partial charge is 0.449 e. The third-order valence-corrected chi connectivity index (χ3v) is 7.36. The number of hydrogen-bond donors (Lipinski definition) is 2. The van der Waals surface area contributed by atoms with Gasteiger partial charge in [0.15, 0.2) is 5.89 Å². The zero-order valence-corrected chi connectivity index (χ0v) is 21.3. The fourth-order valence-corrected chi connectivity index (χ4v) is 5.49. The number of sulfonamides is 1. The molecule has 0 saturated heterocycles. The van der Waals surface area contributed by atoms with Gasteiger partial charge in [-0.1, -0.05) is 56.3 Å². The second-order valence-corrected chi connectivity index (χ2v) is 11.0. The van der Waals surface area contributed by atoms with Crippen LogP contribution in [0.5, 0.6) is 0 Å². The first-order valence-electron chi connectivity index (χ1n) is 11.6. The molecule has 3 aromatic rings. The predicted octanol–water partition coefficient (Wildman–Crippen LogP) is 3.41.